The van der Waals surface area contributed by atoms with E-state index >= 15 is 0 Å². The van der Waals surface area contributed by atoms with Crippen molar-refractivity contribution < 1.29 is 18.1 Å². The first-order chi connectivity index (χ1) is 17.1. The highest BCUT2D eigenvalue weighted by Crippen LogP contribution is 2.43. The van der Waals surface area contributed by atoms with Gasteiger partial charge in [-0.25, -0.2) is 0 Å². The number of allylic oxidation sites excluding steroid dienone is 1. The van der Waals surface area contributed by atoms with E-state index in [-0.39, 0.29) is 10.8 Å². The molecule has 0 atom stereocenters. The van der Waals surface area contributed by atoms with Gasteiger partial charge in [-0.05, 0) is 53.3 Å². The minimum absolute atomic E-state index is 0.0565. The smallest absolute Gasteiger partial charge is 0.271 e. The Hall–Kier alpha value is -1.34. The zero-order chi connectivity index (χ0) is 29.7. The van der Waals surface area contributed by atoms with E-state index in [2.05, 4.69) is 107 Å². The minimum atomic E-state index is -2.22. The highest BCUT2D eigenvalue weighted by Gasteiger charge is 2.48. The molecule has 1 aromatic rings. The third kappa shape index (κ3) is 9.39. The molecule has 0 aliphatic rings. The van der Waals surface area contributed by atoms with Gasteiger partial charge >= 0.3 is 0 Å². The van der Waals surface area contributed by atoms with Crippen molar-refractivity contribution in [2.45, 2.75) is 136 Å². The number of furan rings is 1. The van der Waals surface area contributed by atoms with Gasteiger partial charge < -0.3 is 13.3 Å². The zero-order valence-electron chi connectivity index (χ0n) is 27.1. The summed E-state index contributed by atoms with van der Waals surface area (Å²) in [7, 11) is -5.57. The molecule has 0 spiro atoms. The summed E-state index contributed by atoms with van der Waals surface area (Å²) in [6.07, 6.45) is 2.96. The van der Waals surface area contributed by atoms with E-state index in [1.54, 1.807) is 6.08 Å². The molecule has 1 aromatic heterocycles. The van der Waals surface area contributed by atoms with Gasteiger partial charge in [-0.2, -0.15) is 0 Å². The van der Waals surface area contributed by atoms with Crippen LogP contribution in [0.3, 0.4) is 0 Å². The average molecular weight is 577 g/mol. The van der Waals surface area contributed by atoms with Gasteiger partial charge in [0.25, 0.3) is 14.3 Å². The van der Waals surface area contributed by atoms with Gasteiger partial charge in [-0.15, -0.1) is 11.5 Å². The lowest BCUT2D eigenvalue weighted by Gasteiger charge is -2.41. The van der Waals surface area contributed by atoms with Gasteiger partial charge in [0.15, 0.2) is 14.1 Å². The molecule has 0 N–H and O–H groups in total. The van der Waals surface area contributed by atoms with Gasteiger partial charge in [0.05, 0.1) is 12.2 Å². The van der Waals surface area contributed by atoms with Gasteiger partial charge in [-0.1, -0.05) is 82.0 Å². The predicted molar refractivity (Wildman–Crippen MR) is 171 cm³/mol. The van der Waals surface area contributed by atoms with Crippen molar-refractivity contribution in [2.24, 2.45) is 0 Å². The molecule has 0 saturated heterocycles. The number of ketones is 1. The van der Waals surface area contributed by atoms with Crippen LogP contribution < -0.4 is 4.43 Å². The second-order valence-electron chi connectivity index (χ2n) is 14.3. The number of hydrogen-bond donors (Lipinski definition) is 0. The summed E-state index contributed by atoms with van der Waals surface area (Å²) >= 11 is 0. The van der Waals surface area contributed by atoms with Crippen molar-refractivity contribution in [3.63, 3.8) is 0 Å². The molecule has 0 fully saturated rings. The third-order valence-electron chi connectivity index (χ3n) is 7.82. The van der Waals surface area contributed by atoms with Crippen LogP contribution in [0.2, 0.25) is 54.4 Å². The molecule has 4 nitrogen and oxygen atoms in total. The van der Waals surface area contributed by atoms with Crippen LogP contribution in [0.1, 0.15) is 91.8 Å². The van der Waals surface area contributed by atoms with E-state index in [0.29, 0.717) is 53.3 Å². The first-order valence-corrected chi connectivity index (χ1v) is 22.9. The van der Waals surface area contributed by atoms with Gasteiger partial charge in [-0.3, -0.25) is 4.79 Å². The first-order valence-electron chi connectivity index (χ1n) is 14.3. The summed E-state index contributed by atoms with van der Waals surface area (Å²) in [4.78, 5) is 13.5. The highest BCUT2D eigenvalue weighted by molar-refractivity contribution is 6.83. The Morgan fingerprint density at radius 2 is 1.53 bits per heavy atom. The van der Waals surface area contributed by atoms with E-state index in [9.17, 15) is 4.79 Å². The van der Waals surface area contributed by atoms with Crippen molar-refractivity contribution in [1.29, 1.82) is 0 Å². The Morgan fingerprint density at radius 3 is 1.97 bits per heavy atom. The van der Waals surface area contributed by atoms with Crippen molar-refractivity contribution >= 4 is 30.5 Å². The maximum atomic E-state index is 13.5. The third-order valence-corrected chi connectivity index (χ3v) is 19.2. The maximum absolute atomic E-state index is 13.5. The molecule has 0 bridgehead atoms. The van der Waals surface area contributed by atoms with Crippen molar-refractivity contribution in [1.82, 2.24) is 0 Å². The molecular weight excluding hydrogens is 521 g/mol. The van der Waals surface area contributed by atoms with E-state index in [1.165, 1.54) is 0 Å². The molecule has 1 heterocycles. The summed E-state index contributed by atoms with van der Waals surface area (Å²) in [5, 5.41) is 0.123. The highest BCUT2D eigenvalue weighted by atomic mass is 28.4. The fraction of sp³-hybridized carbons (Fsp3) is 0.710. The number of aryl methyl sites for hydroxylation is 1. The molecule has 0 unspecified atom stereocenters. The lowest BCUT2D eigenvalue weighted by atomic mass is 10.1. The standard InChI is InChI=1S/C31H56O4Si3/c1-23(2)38(24(3)4,25(5)6)35-30-21-27(29(34-30)18-16-17-19-36(11,12)13)28(32)20-26(7)22-33-37(14,15)31(8,9)10/h20-21,23-25H,16,18,22H2,1-15H3/b26-20+. The number of carbonyl (C=O) groups is 1. The van der Waals surface area contributed by atoms with Crippen molar-refractivity contribution in [3.8, 4) is 17.4 Å². The molecule has 0 radical (unpaired) electrons. The number of rotatable bonds is 12. The second kappa shape index (κ2) is 13.3. The fourth-order valence-corrected chi connectivity index (χ4v) is 11.6. The Labute approximate surface area is 237 Å². The first kappa shape index (κ1) is 34.7. The summed E-state index contributed by atoms with van der Waals surface area (Å²) in [5.74, 6) is 4.41. The fourth-order valence-electron chi connectivity index (χ4n) is 4.73. The molecule has 0 saturated carbocycles. The van der Waals surface area contributed by atoms with Crippen LogP contribution in [0.15, 0.2) is 22.1 Å². The Bertz CT molecular complexity index is 1000. The molecule has 1 rings (SSSR count). The van der Waals surface area contributed by atoms with Gasteiger partial charge in [0.1, 0.15) is 13.8 Å². The zero-order valence-corrected chi connectivity index (χ0v) is 30.1. The lowest BCUT2D eigenvalue weighted by molar-refractivity contribution is 0.104. The van der Waals surface area contributed by atoms with E-state index in [0.717, 1.165) is 5.57 Å². The van der Waals surface area contributed by atoms with Crippen LogP contribution in [-0.2, 0) is 10.8 Å². The molecular formula is C31H56O4Si3. The summed E-state index contributed by atoms with van der Waals surface area (Å²) < 4.78 is 19.4. The van der Waals surface area contributed by atoms with Crippen LogP contribution in [0, 0.1) is 11.5 Å². The van der Waals surface area contributed by atoms with Crippen LogP contribution in [0.4, 0.5) is 0 Å². The predicted octanol–water partition coefficient (Wildman–Crippen LogP) is 9.80. The number of carbonyl (C=O) groups excluding carboxylic acids is 1. The van der Waals surface area contributed by atoms with E-state index in [4.69, 9.17) is 13.3 Å². The largest absolute Gasteiger partial charge is 0.518 e. The Morgan fingerprint density at radius 1 is 1.00 bits per heavy atom. The summed E-state index contributed by atoms with van der Waals surface area (Å²) in [5.41, 5.74) is 6.15. The van der Waals surface area contributed by atoms with Crippen LogP contribution in [0.25, 0.3) is 0 Å². The Balaban J connectivity index is 3.37. The molecule has 0 amide bonds. The molecule has 0 aliphatic carbocycles. The SMILES string of the molecule is C/C(=C\C(=O)c1cc(O[Si](C(C)C)(C(C)C)C(C)C)oc1CCC#C[Si](C)(C)C)CO[Si](C)(C)C(C)(C)C. The minimum Gasteiger partial charge on any atom is -0.518 e. The molecule has 38 heavy (non-hydrogen) atoms. The second-order valence-corrected chi connectivity index (χ2v) is 29.2. The Kier molecular flexibility index (Phi) is 12.2. The molecule has 7 heteroatoms. The van der Waals surface area contributed by atoms with Crippen LogP contribution in [-0.4, -0.2) is 37.1 Å². The van der Waals surface area contributed by atoms with E-state index < -0.39 is 24.7 Å². The van der Waals surface area contributed by atoms with Gasteiger partial charge in [0, 0.05) is 18.9 Å². The molecule has 216 valence electrons. The topological polar surface area (TPSA) is 48.7 Å². The molecule has 0 aromatic carbocycles. The van der Waals surface area contributed by atoms with Crippen LogP contribution >= 0.6 is 0 Å². The normalized spacial score (nSPS) is 13.8. The van der Waals surface area contributed by atoms with Crippen LogP contribution in [0.5, 0.6) is 5.95 Å². The molecule has 0 aliphatic heterocycles. The van der Waals surface area contributed by atoms with Crippen molar-refractivity contribution in [3.05, 3.63) is 29.0 Å². The van der Waals surface area contributed by atoms with Crippen molar-refractivity contribution in [2.75, 3.05) is 6.61 Å². The van der Waals surface area contributed by atoms with E-state index in [1.807, 2.05) is 13.0 Å². The van der Waals surface area contributed by atoms with Gasteiger partial charge in [0.2, 0.25) is 0 Å². The monoisotopic (exact) mass is 576 g/mol. The summed E-state index contributed by atoms with van der Waals surface area (Å²) in [6, 6.07) is 1.83. The maximum Gasteiger partial charge on any atom is 0.271 e. The summed E-state index contributed by atoms with van der Waals surface area (Å²) in [6.45, 7) is 33.8. The lowest BCUT2D eigenvalue weighted by Crippen LogP contribution is -2.50. The number of hydrogen-bond acceptors (Lipinski definition) is 4. The average Bonchev–Trinajstić information content (AvgIpc) is 3.14. The quantitative estimate of drug-likeness (QED) is 0.107.